The first kappa shape index (κ1) is 10.7. The Morgan fingerprint density at radius 2 is 2.18 bits per heavy atom. The van der Waals surface area contributed by atoms with Gasteiger partial charge in [0.05, 0.1) is 8.66 Å². The molecule has 0 aliphatic rings. The molecule has 17 heavy (non-hydrogen) atoms. The predicted molar refractivity (Wildman–Crippen MR) is 71.6 cm³/mol. The second-order valence-corrected chi connectivity index (χ2v) is 5.96. The molecule has 0 bridgehead atoms. The molecule has 3 heterocycles. The Morgan fingerprint density at radius 1 is 1.29 bits per heavy atom. The molecule has 0 aliphatic heterocycles. The van der Waals surface area contributed by atoms with Crippen LogP contribution in [0.5, 0.6) is 0 Å². The first-order valence-electron chi connectivity index (χ1n) is 4.97. The molecule has 0 aliphatic carbocycles. The second-order valence-electron chi connectivity index (χ2n) is 3.50. The summed E-state index contributed by atoms with van der Waals surface area (Å²) in [7, 11) is 0. The van der Waals surface area contributed by atoms with Crippen LogP contribution in [0.15, 0.2) is 40.3 Å². The summed E-state index contributed by atoms with van der Waals surface area (Å²) >= 11 is 4.98. The number of fused-ring (bicyclic) bond motifs is 1. The number of aromatic nitrogens is 2. The number of hydrogen-bond donors (Lipinski definition) is 0. The van der Waals surface area contributed by atoms with E-state index in [0.29, 0.717) is 5.69 Å². The monoisotopic (exact) mass is 306 g/mol. The second kappa shape index (κ2) is 4.09. The quantitative estimate of drug-likeness (QED) is 0.677. The van der Waals surface area contributed by atoms with Gasteiger partial charge in [-0.25, -0.2) is 4.98 Å². The molecule has 84 valence electrons. The van der Waals surface area contributed by atoms with Crippen LogP contribution >= 0.6 is 27.3 Å². The molecule has 0 fully saturated rings. The summed E-state index contributed by atoms with van der Waals surface area (Å²) in [4.78, 5) is 16.7. The van der Waals surface area contributed by atoms with Gasteiger partial charge in [0.25, 0.3) is 0 Å². The lowest BCUT2D eigenvalue weighted by Gasteiger charge is -1.94. The van der Waals surface area contributed by atoms with E-state index in [4.69, 9.17) is 0 Å². The Labute approximate surface area is 110 Å². The van der Waals surface area contributed by atoms with Crippen LogP contribution in [0.2, 0.25) is 0 Å². The van der Waals surface area contributed by atoms with Crippen molar-refractivity contribution in [3.05, 3.63) is 46.0 Å². The Balaban J connectivity index is 2.32. The van der Waals surface area contributed by atoms with Crippen molar-refractivity contribution in [2.75, 3.05) is 0 Å². The Bertz CT molecular complexity index is 701. The van der Waals surface area contributed by atoms with Crippen molar-refractivity contribution in [2.24, 2.45) is 0 Å². The third-order valence-corrected chi connectivity index (χ3v) is 4.12. The molecular weight excluding hydrogens is 300 g/mol. The zero-order valence-electron chi connectivity index (χ0n) is 8.63. The topological polar surface area (TPSA) is 34.4 Å². The van der Waals surface area contributed by atoms with E-state index in [2.05, 4.69) is 20.9 Å². The molecule has 5 heteroatoms. The van der Waals surface area contributed by atoms with Crippen molar-refractivity contribution in [1.82, 2.24) is 9.38 Å². The highest BCUT2D eigenvalue weighted by molar-refractivity contribution is 9.11. The summed E-state index contributed by atoms with van der Waals surface area (Å²) in [6.45, 7) is 0. The number of rotatable bonds is 2. The predicted octanol–water partition coefficient (Wildman–Crippen LogP) is 3.64. The average Bonchev–Trinajstić information content (AvgIpc) is 2.91. The third-order valence-electron chi connectivity index (χ3n) is 2.49. The van der Waals surface area contributed by atoms with E-state index >= 15 is 0 Å². The van der Waals surface area contributed by atoms with Crippen LogP contribution in [0.25, 0.3) is 16.2 Å². The molecule has 0 unspecified atom stereocenters. The highest BCUT2D eigenvalue weighted by atomic mass is 79.9. The van der Waals surface area contributed by atoms with E-state index in [1.807, 2.05) is 36.5 Å². The molecule has 0 N–H and O–H groups in total. The highest BCUT2D eigenvalue weighted by Crippen LogP contribution is 2.32. The van der Waals surface area contributed by atoms with E-state index in [9.17, 15) is 4.79 Å². The van der Waals surface area contributed by atoms with Gasteiger partial charge in [-0.3, -0.25) is 9.20 Å². The third kappa shape index (κ3) is 1.71. The zero-order chi connectivity index (χ0) is 11.8. The van der Waals surface area contributed by atoms with Gasteiger partial charge in [0.2, 0.25) is 0 Å². The van der Waals surface area contributed by atoms with Crippen molar-refractivity contribution in [3.8, 4) is 10.6 Å². The smallest absolute Gasteiger partial charge is 0.169 e. The van der Waals surface area contributed by atoms with Crippen LogP contribution in [-0.2, 0) is 0 Å². The fraction of sp³-hybridized carbons (Fsp3) is 0. The molecule has 0 radical (unpaired) electrons. The highest BCUT2D eigenvalue weighted by Gasteiger charge is 2.14. The van der Waals surface area contributed by atoms with Gasteiger partial charge in [0.15, 0.2) is 6.29 Å². The summed E-state index contributed by atoms with van der Waals surface area (Å²) in [5, 5.41) is 0. The molecule has 0 saturated carbocycles. The van der Waals surface area contributed by atoms with Crippen molar-refractivity contribution in [2.45, 2.75) is 0 Å². The van der Waals surface area contributed by atoms with Gasteiger partial charge in [-0.05, 0) is 40.2 Å². The number of thiophene rings is 1. The van der Waals surface area contributed by atoms with Gasteiger partial charge in [-0.15, -0.1) is 11.3 Å². The number of imidazole rings is 1. The molecule has 3 aromatic heterocycles. The van der Waals surface area contributed by atoms with Crippen LogP contribution < -0.4 is 0 Å². The lowest BCUT2D eigenvalue weighted by Crippen LogP contribution is -1.90. The molecule has 0 atom stereocenters. The summed E-state index contributed by atoms with van der Waals surface area (Å²) in [6.07, 6.45) is 2.70. The first-order chi connectivity index (χ1) is 8.29. The number of aldehydes is 1. The lowest BCUT2D eigenvalue weighted by atomic mass is 10.3. The minimum atomic E-state index is 0.593. The summed E-state index contributed by atoms with van der Waals surface area (Å²) in [5.41, 5.74) is 2.12. The Morgan fingerprint density at radius 3 is 2.88 bits per heavy atom. The van der Waals surface area contributed by atoms with Crippen molar-refractivity contribution >= 4 is 39.2 Å². The number of carbonyl (C=O) groups is 1. The number of halogens is 1. The molecule has 0 spiro atoms. The fourth-order valence-corrected chi connectivity index (χ4v) is 3.13. The van der Waals surface area contributed by atoms with E-state index in [0.717, 1.165) is 26.3 Å². The summed E-state index contributed by atoms with van der Waals surface area (Å²) in [5.74, 6) is 0. The molecule has 3 nitrogen and oxygen atoms in total. The van der Waals surface area contributed by atoms with E-state index < -0.39 is 0 Å². The van der Waals surface area contributed by atoms with Gasteiger partial charge < -0.3 is 0 Å². The number of pyridine rings is 1. The maximum absolute atomic E-state index is 11.2. The minimum absolute atomic E-state index is 0.593. The SMILES string of the molecule is O=Cc1c(-c2ccc(Br)s2)nc2ccccn12. The van der Waals surface area contributed by atoms with Crippen LogP contribution in [-0.4, -0.2) is 15.7 Å². The normalized spacial score (nSPS) is 10.9. The van der Waals surface area contributed by atoms with E-state index in [1.165, 1.54) is 0 Å². The van der Waals surface area contributed by atoms with Crippen molar-refractivity contribution in [1.29, 1.82) is 0 Å². The van der Waals surface area contributed by atoms with Gasteiger partial charge in [0, 0.05) is 6.20 Å². The molecule has 0 amide bonds. The maximum atomic E-state index is 11.2. The molecule has 0 aromatic carbocycles. The first-order valence-corrected chi connectivity index (χ1v) is 6.58. The van der Waals surface area contributed by atoms with Crippen LogP contribution in [0.3, 0.4) is 0 Å². The minimum Gasteiger partial charge on any atom is -0.297 e. The lowest BCUT2D eigenvalue weighted by molar-refractivity contribution is 0.111. The van der Waals surface area contributed by atoms with E-state index in [-0.39, 0.29) is 0 Å². The van der Waals surface area contributed by atoms with Crippen molar-refractivity contribution < 1.29 is 4.79 Å². The number of carbonyl (C=O) groups excluding carboxylic acids is 1. The van der Waals surface area contributed by atoms with Crippen molar-refractivity contribution in [3.63, 3.8) is 0 Å². The summed E-state index contributed by atoms with van der Waals surface area (Å²) < 4.78 is 2.83. The Kier molecular flexibility index (Phi) is 2.57. The number of hydrogen-bond acceptors (Lipinski definition) is 3. The average molecular weight is 307 g/mol. The molecular formula is C12H7BrN2OS. The Hall–Kier alpha value is -1.46. The zero-order valence-corrected chi connectivity index (χ0v) is 11.0. The number of nitrogens with zero attached hydrogens (tertiary/aromatic N) is 2. The summed E-state index contributed by atoms with van der Waals surface area (Å²) in [6, 6.07) is 9.60. The maximum Gasteiger partial charge on any atom is 0.169 e. The van der Waals surface area contributed by atoms with Crippen LogP contribution in [0, 0.1) is 0 Å². The standard InChI is InChI=1S/C12H7BrN2OS/c13-10-5-4-9(17-10)12-8(7-16)15-6-2-1-3-11(15)14-12/h1-7H. The van der Waals surface area contributed by atoms with Gasteiger partial charge in [0.1, 0.15) is 17.0 Å². The molecule has 0 saturated heterocycles. The molecule has 3 aromatic rings. The molecule has 3 rings (SSSR count). The van der Waals surface area contributed by atoms with E-state index in [1.54, 1.807) is 15.7 Å². The van der Waals surface area contributed by atoms with Crippen LogP contribution in [0.4, 0.5) is 0 Å². The largest absolute Gasteiger partial charge is 0.297 e. The fourth-order valence-electron chi connectivity index (χ4n) is 1.75. The van der Waals surface area contributed by atoms with Gasteiger partial charge >= 0.3 is 0 Å². The van der Waals surface area contributed by atoms with Gasteiger partial charge in [-0.2, -0.15) is 0 Å². The van der Waals surface area contributed by atoms with Gasteiger partial charge in [-0.1, -0.05) is 6.07 Å². The van der Waals surface area contributed by atoms with Crippen LogP contribution in [0.1, 0.15) is 10.5 Å².